The molecule has 0 saturated heterocycles. The summed E-state index contributed by atoms with van der Waals surface area (Å²) in [6, 6.07) is 0. The van der Waals surface area contributed by atoms with Crippen molar-refractivity contribution in [3.8, 4) is 5.88 Å². The molecule has 0 bridgehead atoms. The number of nitrogens with zero attached hydrogens (tertiary/aromatic N) is 2. The fourth-order valence-electron chi connectivity index (χ4n) is 1.18. The van der Waals surface area contributed by atoms with Crippen molar-refractivity contribution >= 4 is 15.9 Å². The molecule has 11 heavy (non-hydrogen) atoms. The number of halogens is 1. The molecule has 1 aromatic rings. The van der Waals surface area contributed by atoms with E-state index in [1.54, 1.807) is 6.20 Å². The Morgan fingerprint density at radius 1 is 1.82 bits per heavy atom. The Kier molecular flexibility index (Phi) is 1.64. The first-order chi connectivity index (χ1) is 5.27. The van der Waals surface area contributed by atoms with Gasteiger partial charge in [-0.2, -0.15) is 5.10 Å². The lowest BCUT2D eigenvalue weighted by Crippen LogP contribution is -2.23. The van der Waals surface area contributed by atoms with Gasteiger partial charge in [0.15, 0.2) is 0 Å². The molecule has 0 N–H and O–H groups in total. The van der Waals surface area contributed by atoms with Crippen LogP contribution in [0.4, 0.5) is 0 Å². The second kappa shape index (κ2) is 2.52. The van der Waals surface area contributed by atoms with Gasteiger partial charge in [-0.05, 0) is 22.9 Å². The van der Waals surface area contributed by atoms with Crippen molar-refractivity contribution in [2.75, 3.05) is 0 Å². The molecule has 0 aliphatic carbocycles. The Balaban J connectivity index is 2.37. The summed E-state index contributed by atoms with van der Waals surface area (Å²) in [5.74, 6) is 0.865. The van der Waals surface area contributed by atoms with Crippen molar-refractivity contribution in [3.05, 3.63) is 10.7 Å². The number of ether oxygens (including phenoxy) is 1. The van der Waals surface area contributed by atoms with E-state index >= 15 is 0 Å². The lowest BCUT2D eigenvalue weighted by atomic mass is 10.2. The van der Waals surface area contributed by atoms with Gasteiger partial charge in [0.05, 0.1) is 16.8 Å². The van der Waals surface area contributed by atoms with Gasteiger partial charge in [-0.3, -0.25) is 0 Å². The predicted molar refractivity (Wildman–Crippen MR) is 44.6 cm³/mol. The minimum absolute atomic E-state index is 0.315. The Bertz CT molecular complexity index is 271. The molecule has 4 heteroatoms. The number of hydrogen-bond acceptors (Lipinski definition) is 2. The molecule has 0 saturated carbocycles. The van der Waals surface area contributed by atoms with Crippen molar-refractivity contribution in [1.29, 1.82) is 0 Å². The number of hydrogen-bond donors (Lipinski definition) is 0. The van der Waals surface area contributed by atoms with E-state index in [2.05, 4.69) is 28.0 Å². The Morgan fingerprint density at radius 2 is 2.64 bits per heavy atom. The smallest absolute Gasteiger partial charge is 0.226 e. The molecule has 1 aliphatic heterocycles. The Morgan fingerprint density at radius 3 is 3.45 bits per heavy atom. The van der Waals surface area contributed by atoms with Crippen LogP contribution in [0, 0.1) is 0 Å². The zero-order chi connectivity index (χ0) is 7.84. The van der Waals surface area contributed by atoms with Gasteiger partial charge in [0.25, 0.3) is 0 Å². The fourth-order valence-corrected chi connectivity index (χ4v) is 1.57. The maximum absolute atomic E-state index is 5.56. The molecule has 1 atom stereocenters. The fraction of sp³-hybridized carbons (Fsp3) is 0.571. The van der Waals surface area contributed by atoms with E-state index < -0.39 is 0 Å². The van der Waals surface area contributed by atoms with Gasteiger partial charge in [-0.25, -0.2) is 4.68 Å². The van der Waals surface area contributed by atoms with Gasteiger partial charge in [-0.1, -0.05) is 0 Å². The number of fused-ring (bicyclic) bond motifs is 1. The molecule has 0 amide bonds. The summed E-state index contributed by atoms with van der Waals surface area (Å²) < 4.78 is 8.38. The van der Waals surface area contributed by atoms with Crippen molar-refractivity contribution in [2.45, 2.75) is 26.0 Å². The molecule has 0 fully saturated rings. The first-order valence-electron chi connectivity index (χ1n) is 3.65. The van der Waals surface area contributed by atoms with E-state index in [9.17, 15) is 0 Å². The topological polar surface area (TPSA) is 27.1 Å². The van der Waals surface area contributed by atoms with Gasteiger partial charge in [0.2, 0.25) is 5.88 Å². The molecule has 1 aliphatic rings. The van der Waals surface area contributed by atoms with Crippen LogP contribution in [0.2, 0.25) is 0 Å². The van der Waals surface area contributed by atoms with E-state index in [1.165, 1.54) is 0 Å². The van der Waals surface area contributed by atoms with Gasteiger partial charge in [0, 0.05) is 13.0 Å². The molecule has 0 aromatic carbocycles. The molecule has 1 unspecified atom stereocenters. The van der Waals surface area contributed by atoms with Crippen molar-refractivity contribution < 1.29 is 4.74 Å². The van der Waals surface area contributed by atoms with Crippen LogP contribution in [0.5, 0.6) is 5.88 Å². The van der Waals surface area contributed by atoms with Crippen molar-refractivity contribution in [2.24, 2.45) is 0 Å². The van der Waals surface area contributed by atoms with Crippen LogP contribution < -0.4 is 4.74 Å². The zero-order valence-corrected chi connectivity index (χ0v) is 7.84. The predicted octanol–water partition coefficient (Wildman–Crippen LogP) is 1.82. The quantitative estimate of drug-likeness (QED) is 0.662. The molecule has 60 valence electrons. The van der Waals surface area contributed by atoms with Crippen LogP contribution in [0.15, 0.2) is 10.7 Å². The highest BCUT2D eigenvalue weighted by Crippen LogP contribution is 2.28. The standard InChI is InChI=1S/C7H9BrN2O/c1-5-2-3-10-7(11-5)6(8)4-9-10/h4-5H,2-3H2,1H3. The normalized spacial score (nSPS) is 22.5. The summed E-state index contributed by atoms with van der Waals surface area (Å²) >= 11 is 3.37. The van der Waals surface area contributed by atoms with Crippen molar-refractivity contribution in [3.63, 3.8) is 0 Å². The monoisotopic (exact) mass is 216 g/mol. The number of aryl methyl sites for hydroxylation is 1. The second-order valence-corrected chi connectivity index (χ2v) is 3.59. The van der Waals surface area contributed by atoms with Gasteiger partial charge in [0.1, 0.15) is 0 Å². The first-order valence-corrected chi connectivity index (χ1v) is 4.44. The molecular formula is C7H9BrN2O. The largest absolute Gasteiger partial charge is 0.474 e. The van der Waals surface area contributed by atoms with Crippen LogP contribution in [-0.2, 0) is 6.54 Å². The van der Waals surface area contributed by atoms with Crippen LogP contribution in [0.3, 0.4) is 0 Å². The lowest BCUT2D eigenvalue weighted by Gasteiger charge is -2.21. The van der Waals surface area contributed by atoms with Gasteiger partial charge >= 0.3 is 0 Å². The average molecular weight is 217 g/mol. The second-order valence-electron chi connectivity index (χ2n) is 2.74. The SMILES string of the molecule is CC1CCn2ncc(Br)c2O1. The summed E-state index contributed by atoms with van der Waals surface area (Å²) in [6.07, 6.45) is 3.13. The molecule has 3 nitrogen and oxygen atoms in total. The van der Waals surface area contributed by atoms with E-state index in [0.717, 1.165) is 23.3 Å². The van der Waals surface area contributed by atoms with E-state index in [1.807, 2.05) is 4.68 Å². The third kappa shape index (κ3) is 1.15. The molecule has 0 spiro atoms. The average Bonchev–Trinajstić information content (AvgIpc) is 2.33. The summed E-state index contributed by atoms with van der Waals surface area (Å²) in [4.78, 5) is 0. The minimum atomic E-state index is 0.315. The summed E-state index contributed by atoms with van der Waals surface area (Å²) in [7, 11) is 0. The summed E-state index contributed by atoms with van der Waals surface area (Å²) in [5, 5.41) is 4.14. The Hall–Kier alpha value is -0.510. The third-order valence-corrected chi connectivity index (χ3v) is 2.35. The number of rotatable bonds is 0. The van der Waals surface area contributed by atoms with Gasteiger partial charge < -0.3 is 4.74 Å². The van der Waals surface area contributed by atoms with Crippen LogP contribution in [0.1, 0.15) is 13.3 Å². The number of aromatic nitrogens is 2. The lowest BCUT2D eigenvalue weighted by molar-refractivity contribution is 0.148. The first kappa shape index (κ1) is 7.16. The minimum Gasteiger partial charge on any atom is -0.474 e. The zero-order valence-electron chi connectivity index (χ0n) is 6.25. The maximum atomic E-state index is 5.56. The summed E-state index contributed by atoms with van der Waals surface area (Å²) in [6.45, 7) is 3.03. The highest BCUT2D eigenvalue weighted by molar-refractivity contribution is 9.10. The van der Waals surface area contributed by atoms with Gasteiger partial charge in [-0.15, -0.1) is 0 Å². The van der Waals surface area contributed by atoms with Crippen LogP contribution >= 0.6 is 15.9 Å². The third-order valence-electron chi connectivity index (χ3n) is 1.81. The molecule has 0 radical (unpaired) electrons. The molecule has 2 heterocycles. The highest BCUT2D eigenvalue weighted by Gasteiger charge is 2.18. The highest BCUT2D eigenvalue weighted by atomic mass is 79.9. The van der Waals surface area contributed by atoms with E-state index in [-0.39, 0.29) is 0 Å². The van der Waals surface area contributed by atoms with Crippen molar-refractivity contribution in [1.82, 2.24) is 9.78 Å². The van der Waals surface area contributed by atoms with E-state index in [4.69, 9.17) is 4.74 Å². The van der Waals surface area contributed by atoms with Crippen LogP contribution in [0.25, 0.3) is 0 Å². The summed E-state index contributed by atoms with van der Waals surface area (Å²) in [5.41, 5.74) is 0. The maximum Gasteiger partial charge on any atom is 0.226 e. The molecule has 1 aromatic heterocycles. The molecule has 2 rings (SSSR count). The molecular weight excluding hydrogens is 208 g/mol. The van der Waals surface area contributed by atoms with Crippen LogP contribution in [-0.4, -0.2) is 15.9 Å². The Labute approximate surface area is 73.5 Å². The van der Waals surface area contributed by atoms with E-state index in [0.29, 0.717) is 6.10 Å².